The molecule has 1 aliphatic rings. The predicted octanol–water partition coefficient (Wildman–Crippen LogP) is 4.57. The molecule has 0 amide bonds. The van der Waals surface area contributed by atoms with Crippen LogP contribution in [-0.4, -0.2) is 13.2 Å². The lowest BCUT2D eigenvalue weighted by Gasteiger charge is -2.20. The molecule has 2 nitrogen and oxygen atoms in total. The molecule has 0 saturated heterocycles. The van der Waals surface area contributed by atoms with E-state index in [0.29, 0.717) is 19.1 Å². The lowest BCUT2D eigenvalue weighted by molar-refractivity contribution is 0.135. The fraction of sp³-hybridized carbons (Fsp3) is 0.444. The number of ether oxygens (including phenoxy) is 2. The molecule has 1 unspecified atom stereocenters. The predicted molar refractivity (Wildman–Crippen MR) is 83.0 cm³/mol. The van der Waals surface area contributed by atoms with Gasteiger partial charge in [-0.05, 0) is 44.9 Å². The van der Waals surface area contributed by atoms with Crippen LogP contribution in [0.3, 0.4) is 0 Å². The van der Waals surface area contributed by atoms with E-state index < -0.39 is 0 Å². The summed E-state index contributed by atoms with van der Waals surface area (Å²) in [6.07, 6.45) is 5.31. The van der Waals surface area contributed by atoms with E-state index in [9.17, 15) is 0 Å². The van der Waals surface area contributed by atoms with Crippen LogP contribution >= 0.6 is 0 Å². The van der Waals surface area contributed by atoms with E-state index in [1.54, 1.807) is 0 Å². The smallest absolute Gasteiger partial charge is 0.122 e. The number of rotatable bonds is 5. The second kappa shape index (κ2) is 6.65. The van der Waals surface area contributed by atoms with Crippen molar-refractivity contribution in [1.29, 1.82) is 0 Å². The highest BCUT2D eigenvalue weighted by Gasteiger charge is 2.14. The molecule has 1 aliphatic carbocycles. The highest BCUT2D eigenvalue weighted by atomic mass is 16.5. The molecular weight excluding hydrogens is 248 g/mol. The van der Waals surface area contributed by atoms with Crippen molar-refractivity contribution in [3.8, 4) is 5.75 Å². The van der Waals surface area contributed by atoms with Crippen LogP contribution in [0, 0.1) is 19.8 Å². The molecular formula is C18H24O2. The maximum atomic E-state index is 5.82. The van der Waals surface area contributed by atoms with Crippen molar-refractivity contribution in [2.24, 2.45) is 5.92 Å². The molecule has 20 heavy (non-hydrogen) atoms. The van der Waals surface area contributed by atoms with Gasteiger partial charge in [0.15, 0.2) is 0 Å². The van der Waals surface area contributed by atoms with Gasteiger partial charge in [0.05, 0.1) is 5.76 Å². The van der Waals surface area contributed by atoms with E-state index in [1.807, 2.05) is 6.07 Å². The van der Waals surface area contributed by atoms with Gasteiger partial charge in [0, 0.05) is 5.92 Å². The molecule has 0 N–H and O–H groups in total. The highest BCUT2D eigenvalue weighted by Crippen LogP contribution is 2.25. The summed E-state index contributed by atoms with van der Waals surface area (Å²) in [4.78, 5) is 0. The topological polar surface area (TPSA) is 18.5 Å². The van der Waals surface area contributed by atoms with Crippen LogP contribution in [0.4, 0.5) is 0 Å². The van der Waals surface area contributed by atoms with Crippen LogP contribution < -0.4 is 4.74 Å². The van der Waals surface area contributed by atoms with E-state index in [4.69, 9.17) is 9.47 Å². The van der Waals surface area contributed by atoms with Crippen molar-refractivity contribution in [1.82, 2.24) is 0 Å². The minimum absolute atomic E-state index is 0.473. The number of allylic oxidation sites excluding steroid dienone is 4. The van der Waals surface area contributed by atoms with Crippen LogP contribution in [0.25, 0.3) is 0 Å². The Morgan fingerprint density at radius 2 is 1.80 bits per heavy atom. The molecule has 1 atom stereocenters. The van der Waals surface area contributed by atoms with Gasteiger partial charge in [-0.1, -0.05) is 36.3 Å². The first-order valence-electron chi connectivity index (χ1n) is 7.26. The molecule has 0 heterocycles. The maximum Gasteiger partial charge on any atom is 0.122 e. The highest BCUT2D eigenvalue weighted by molar-refractivity contribution is 5.35. The second-order valence-corrected chi connectivity index (χ2v) is 5.65. The Morgan fingerprint density at radius 3 is 2.50 bits per heavy atom. The van der Waals surface area contributed by atoms with E-state index in [0.717, 1.165) is 17.9 Å². The molecule has 2 heteroatoms. The van der Waals surface area contributed by atoms with E-state index in [2.05, 4.69) is 52.0 Å². The number of hydrogen-bond donors (Lipinski definition) is 0. The SMILES string of the molecule is CC1=CC=C(OCCOc2ccc(C)cc2C)C(C)C1. The number of hydrogen-bond acceptors (Lipinski definition) is 2. The Labute approximate surface area is 122 Å². The third kappa shape index (κ3) is 3.89. The van der Waals surface area contributed by atoms with Crippen molar-refractivity contribution < 1.29 is 9.47 Å². The Balaban J connectivity index is 1.79. The lowest BCUT2D eigenvalue weighted by Crippen LogP contribution is -2.12. The van der Waals surface area contributed by atoms with Gasteiger partial charge in [-0.2, -0.15) is 0 Å². The third-order valence-electron chi connectivity index (χ3n) is 3.59. The van der Waals surface area contributed by atoms with Crippen molar-refractivity contribution in [3.63, 3.8) is 0 Å². The summed E-state index contributed by atoms with van der Waals surface area (Å²) in [6, 6.07) is 6.23. The average molecular weight is 272 g/mol. The zero-order valence-corrected chi connectivity index (χ0v) is 12.9. The van der Waals surface area contributed by atoms with Crippen molar-refractivity contribution in [2.75, 3.05) is 13.2 Å². The monoisotopic (exact) mass is 272 g/mol. The first kappa shape index (κ1) is 14.7. The summed E-state index contributed by atoms with van der Waals surface area (Å²) in [6.45, 7) is 9.70. The van der Waals surface area contributed by atoms with Gasteiger partial charge >= 0.3 is 0 Å². The quantitative estimate of drug-likeness (QED) is 0.731. The molecule has 108 valence electrons. The van der Waals surface area contributed by atoms with E-state index in [-0.39, 0.29) is 0 Å². The maximum absolute atomic E-state index is 5.82. The summed E-state index contributed by atoms with van der Waals surface area (Å²) < 4.78 is 11.6. The molecule has 0 saturated carbocycles. The Bertz CT molecular complexity index is 526. The summed E-state index contributed by atoms with van der Waals surface area (Å²) in [5, 5.41) is 0. The fourth-order valence-electron chi connectivity index (χ4n) is 2.50. The van der Waals surface area contributed by atoms with Gasteiger partial charge in [-0.25, -0.2) is 0 Å². The normalized spacial score (nSPS) is 18.3. The molecule has 0 spiro atoms. The van der Waals surface area contributed by atoms with Crippen LogP contribution in [0.15, 0.2) is 41.7 Å². The molecule has 2 rings (SSSR count). The summed E-state index contributed by atoms with van der Waals surface area (Å²) >= 11 is 0. The molecule has 0 bridgehead atoms. The number of aryl methyl sites for hydroxylation is 2. The molecule has 0 fully saturated rings. The van der Waals surface area contributed by atoms with Gasteiger partial charge in [0.25, 0.3) is 0 Å². The van der Waals surface area contributed by atoms with Gasteiger partial charge < -0.3 is 9.47 Å². The first-order chi connectivity index (χ1) is 9.56. The van der Waals surface area contributed by atoms with Crippen LogP contribution in [-0.2, 0) is 4.74 Å². The van der Waals surface area contributed by atoms with Crippen LogP contribution in [0.1, 0.15) is 31.4 Å². The summed E-state index contributed by atoms with van der Waals surface area (Å²) in [7, 11) is 0. The minimum atomic E-state index is 0.473. The van der Waals surface area contributed by atoms with Gasteiger partial charge in [0.2, 0.25) is 0 Å². The van der Waals surface area contributed by atoms with E-state index >= 15 is 0 Å². The molecule has 0 aliphatic heterocycles. The second-order valence-electron chi connectivity index (χ2n) is 5.65. The average Bonchev–Trinajstić information content (AvgIpc) is 2.39. The molecule has 1 aromatic rings. The van der Waals surface area contributed by atoms with Crippen molar-refractivity contribution in [2.45, 2.75) is 34.1 Å². The Hall–Kier alpha value is -1.70. The van der Waals surface area contributed by atoms with E-state index in [1.165, 1.54) is 16.7 Å². The standard InChI is InChI=1S/C18H24O2/c1-13-5-7-17(15(3)11-13)19-9-10-20-18-8-6-14(2)12-16(18)4/h5-8,11,16H,9-10,12H2,1-4H3. The lowest BCUT2D eigenvalue weighted by atomic mass is 9.95. The van der Waals surface area contributed by atoms with Crippen LogP contribution in [0.2, 0.25) is 0 Å². The Morgan fingerprint density at radius 1 is 1.05 bits per heavy atom. The van der Waals surface area contributed by atoms with Gasteiger partial charge in [-0.15, -0.1) is 0 Å². The zero-order chi connectivity index (χ0) is 14.5. The first-order valence-corrected chi connectivity index (χ1v) is 7.26. The zero-order valence-electron chi connectivity index (χ0n) is 12.9. The minimum Gasteiger partial charge on any atom is -0.494 e. The molecule has 0 aromatic heterocycles. The molecule has 1 aromatic carbocycles. The Kier molecular flexibility index (Phi) is 4.89. The summed E-state index contributed by atoms with van der Waals surface area (Å²) in [5.74, 6) is 2.49. The van der Waals surface area contributed by atoms with Crippen LogP contribution in [0.5, 0.6) is 5.75 Å². The third-order valence-corrected chi connectivity index (χ3v) is 3.59. The van der Waals surface area contributed by atoms with Crippen molar-refractivity contribution >= 4 is 0 Å². The van der Waals surface area contributed by atoms with Gasteiger partial charge in [0.1, 0.15) is 19.0 Å². The summed E-state index contributed by atoms with van der Waals surface area (Å²) in [5.41, 5.74) is 3.85. The van der Waals surface area contributed by atoms with Crippen molar-refractivity contribution in [3.05, 3.63) is 52.8 Å². The largest absolute Gasteiger partial charge is 0.494 e. The molecule has 0 radical (unpaired) electrons. The number of benzene rings is 1. The fourth-order valence-corrected chi connectivity index (χ4v) is 2.50. The van der Waals surface area contributed by atoms with Gasteiger partial charge in [-0.3, -0.25) is 0 Å².